The highest BCUT2D eigenvalue weighted by Crippen LogP contribution is 2.19. The predicted molar refractivity (Wildman–Crippen MR) is 66.6 cm³/mol. The van der Waals surface area contributed by atoms with E-state index in [1.54, 1.807) is 10.9 Å². The van der Waals surface area contributed by atoms with Crippen LogP contribution in [0, 0.1) is 6.92 Å². The highest BCUT2D eigenvalue weighted by atomic mass is 16.2. The van der Waals surface area contributed by atoms with Crippen molar-refractivity contribution in [3.05, 3.63) is 41.7 Å². The van der Waals surface area contributed by atoms with Crippen molar-refractivity contribution in [2.45, 2.75) is 25.8 Å². The van der Waals surface area contributed by atoms with Crippen LogP contribution in [-0.2, 0) is 0 Å². The fraction of sp³-hybridized carbons (Fsp3) is 0.308. The standard InChI is InChI=1S/C13H14N4O/c1-9-2-6-11(7-3-9)17-8-12(15-16-17)13(18)14-10-4-5-10/h2-3,6-8,10H,4-5H2,1H3,(H,14,18). The van der Waals surface area contributed by atoms with Gasteiger partial charge in [0.1, 0.15) is 0 Å². The molecule has 1 amide bonds. The lowest BCUT2D eigenvalue weighted by Gasteiger charge is -2.00. The van der Waals surface area contributed by atoms with Crippen LogP contribution in [0.2, 0.25) is 0 Å². The molecule has 0 spiro atoms. The molecule has 5 nitrogen and oxygen atoms in total. The molecule has 0 atom stereocenters. The van der Waals surface area contributed by atoms with E-state index in [4.69, 9.17) is 0 Å². The number of aromatic nitrogens is 3. The minimum absolute atomic E-state index is 0.143. The number of nitrogens with zero attached hydrogens (tertiary/aromatic N) is 3. The fourth-order valence-corrected chi connectivity index (χ4v) is 1.68. The molecule has 92 valence electrons. The lowest BCUT2D eigenvalue weighted by molar-refractivity contribution is 0.0946. The van der Waals surface area contributed by atoms with Crippen molar-refractivity contribution in [2.24, 2.45) is 0 Å². The Morgan fingerprint density at radius 1 is 1.33 bits per heavy atom. The van der Waals surface area contributed by atoms with Crippen molar-refractivity contribution in [2.75, 3.05) is 0 Å². The first-order valence-electron chi connectivity index (χ1n) is 6.02. The lowest BCUT2D eigenvalue weighted by atomic mass is 10.2. The van der Waals surface area contributed by atoms with Crippen molar-refractivity contribution in [3.8, 4) is 5.69 Å². The van der Waals surface area contributed by atoms with Crippen molar-refractivity contribution < 1.29 is 4.79 Å². The van der Waals surface area contributed by atoms with Gasteiger partial charge in [-0.25, -0.2) is 4.68 Å². The van der Waals surface area contributed by atoms with E-state index in [2.05, 4.69) is 15.6 Å². The van der Waals surface area contributed by atoms with E-state index in [1.807, 2.05) is 31.2 Å². The van der Waals surface area contributed by atoms with Crippen LogP contribution < -0.4 is 5.32 Å². The number of rotatable bonds is 3. The summed E-state index contributed by atoms with van der Waals surface area (Å²) in [6.07, 6.45) is 3.79. The summed E-state index contributed by atoms with van der Waals surface area (Å²) in [6, 6.07) is 8.24. The van der Waals surface area contributed by atoms with Gasteiger partial charge in [-0.1, -0.05) is 22.9 Å². The second kappa shape index (κ2) is 4.25. The number of carbonyl (C=O) groups is 1. The van der Waals surface area contributed by atoms with Crippen LogP contribution in [0.4, 0.5) is 0 Å². The SMILES string of the molecule is Cc1ccc(-n2cc(C(=O)NC3CC3)nn2)cc1. The zero-order valence-corrected chi connectivity index (χ0v) is 10.1. The summed E-state index contributed by atoms with van der Waals surface area (Å²) in [4.78, 5) is 11.8. The second-order valence-electron chi connectivity index (χ2n) is 4.63. The number of hydrogen-bond acceptors (Lipinski definition) is 3. The highest BCUT2D eigenvalue weighted by molar-refractivity contribution is 5.92. The van der Waals surface area contributed by atoms with Gasteiger partial charge in [-0.3, -0.25) is 4.79 Å². The van der Waals surface area contributed by atoms with Gasteiger partial charge in [0.2, 0.25) is 0 Å². The monoisotopic (exact) mass is 242 g/mol. The molecule has 1 aliphatic rings. The lowest BCUT2D eigenvalue weighted by Crippen LogP contribution is -2.25. The van der Waals surface area contributed by atoms with Gasteiger partial charge in [0, 0.05) is 6.04 Å². The Morgan fingerprint density at radius 3 is 2.72 bits per heavy atom. The van der Waals surface area contributed by atoms with Crippen LogP contribution in [-0.4, -0.2) is 26.9 Å². The average Bonchev–Trinajstić information content (AvgIpc) is 3.04. The van der Waals surface area contributed by atoms with Gasteiger partial charge in [-0.2, -0.15) is 0 Å². The molecule has 1 N–H and O–H groups in total. The molecule has 3 rings (SSSR count). The summed E-state index contributed by atoms with van der Waals surface area (Å²) in [5.41, 5.74) is 2.45. The maximum Gasteiger partial charge on any atom is 0.273 e. The number of benzene rings is 1. The molecule has 18 heavy (non-hydrogen) atoms. The van der Waals surface area contributed by atoms with Gasteiger partial charge in [0.25, 0.3) is 5.91 Å². The first kappa shape index (κ1) is 11.0. The van der Waals surface area contributed by atoms with E-state index in [1.165, 1.54) is 5.56 Å². The molecule has 1 fully saturated rings. The molecule has 0 saturated heterocycles. The van der Waals surface area contributed by atoms with Gasteiger partial charge in [-0.15, -0.1) is 5.10 Å². The molecule has 0 unspecified atom stereocenters. The van der Waals surface area contributed by atoms with E-state index in [9.17, 15) is 4.79 Å². The van der Waals surface area contributed by atoms with Crippen LogP contribution in [0.1, 0.15) is 28.9 Å². The summed E-state index contributed by atoms with van der Waals surface area (Å²) < 4.78 is 1.61. The Kier molecular flexibility index (Phi) is 2.59. The van der Waals surface area contributed by atoms with E-state index < -0.39 is 0 Å². The van der Waals surface area contributed by atoms with Crippen LogP contribution in [0.15, 0.2) is 30.5 Å². The maximum absolute atomic E-state index is 11.8. The maximum atomic E-state index is 11.8. The van der Waals surface area contributed by atoms with Gasteiger partial charge in [0.05, 0.1) is 11.9 Å². The molecule has 1 aromatic carbocycles. The minimum atomic E-state index is -0.143. The van der Waals surface area contributed by atoms with Crippen LogP contribution in [0.3, 0.4) is 0 Å². The molecular weight excluding hydrogens is 228 g/mol. The molecule has 0 aliphatic heterocycles. The Bertz CT molecular complexity index is 569. The highest BCUT2D eigenvalue weighted by Gasteiger charge is 2.25. The van der Waals surface area contributed by atoms with Gasteiger partial charge < -0.3 is 5.32 Å². The van der Waals surface area contributed by atoms with E-state index in [-0.39, 0.29) is 5.91 Å². The largest absolute Gasteiger partial charge is 0.348 e. The van der Waals surface area contributed by atoms with E-state index >= 15 is 0 Å². The predicted octanol–water partition coefficient (Wildman–Crippen LogP) is 1.47. The van der Waals surface area contributed by atoms with Gasteiger partial charge in [0.15, 0.2) is 5.69 Å². The molecule has 1 heterocycles. The molecule has 5 heteroatoms. The molecule has 0 bridgehead atoms. The fourth-order valence-electron chi connectivity index (χ4n) is 1.68. The Balaban J connectivity index is 1.79. The summed E-state index contributed by atoms with van der Waals surface area (Å²) in [6.45, 7) is 2.03. The third-order valence-corrected chi connectivity index (χ3v) is 2.94. The van der Waals surface area contributed by atoms with E-state index in [0.717, 1.165) is 18.5 Å². The molecule has 1 aliphatic carbocycles. The zero-order chi connectivity index (χ0) is 12.5. The third-order valence-electron chi connectivity index (χ3n) is 2.94. The zero-order valence-electron chi connectivity index (χ0n) is 10.1. The summed E-state index contributed by atoms with van der Waals surface area (Å²) in [7, 11) is 0. The van der Waals surface area contributed by atoms with Crippen LogP contribution in [0.25, 0.3) is 5.69 Å². The Morgan fingerprint density at radius 2 is 2.06 bits per heavy atom. The molecule has 1 saturated carbocycles. The summed E-state index contributed by atoms with van der Waals surface area (Å²) in [5, 5.41) is 10.8. The van der Waals surface area contributed by atoms with Crippen LogP contribution in [0.5, 0.6) is 0 Å². The summed E-state index contributed by atoms with van der Waals surface area (Å²) in [5.74, 6) is -0.143. The Hall–Kier alpha value is -2.17. The average molecular weight is 242 g/mol. The third kappa shape index (κ3) is 2.25. The van der Waals surface area contributed by atoms with Crippen molar-refractivity contribution in [1.29, 1.82) is 0 Å². The number of nitrogens with one attached hydrogen (secondary N) is 1. The number of hydrogen-bond donors (Lipinski definition) is 1. The van der Waals surface area contributed by atoms with Crippen LogP contribution >= 0.6 is 0 Å². The summed E-state index contributed by atoms with van der Waals surface area (Å²) >= 11 is 0. The molecule has 1 aromatic heterocycles. The number of amides is 1. The smallest absolute Gasteiger partial charge is 0.273 e. The first-order chi connectivity index (χ1) is 8.72. The van der Waals surface area contributed by atoms with E-state index in [0.29, 0.717) is 11.7 Å². The number of carbonyl (C=O) groups excluding carboxylic acids is 1. The topological polar surface area (TPSA) is 59.8 Å². The van der Waals surface area contributed by atoms with Gasteiger partial charge >= 0.3 is 0 Å². The molecular formula is C13H14N4O. The second-order valence-corrected chi connectivity index (χ2v) is 4.63. The first-order valence-corrected chi connectivity index (χ1v) is 6.02. The van der Waals surface area contributed by atoms with Crippen molar-refractivity contribution >= 4 is 5.91 Å². The molecule has 0 radical (unpaired) electrons. The number of aryl methyl sites for hydroxylation is 1. The van der Waals surface area contributed by atoms with Gasteiger partial charge in [-0.05, 0) is 31.9 Å². The molecule has 2 aromatic rings. The van der Waals surface area contributed by atoms with Crippen molar-refractivity contribution in [1.82, 2.24) is 20.3 Å². The Labute approximate surface area is 105 Å². The minimum Gasteiger partial charge on any atom is -0.348 e. The quantitative estimate of drug-likeness (QED) is 0.886. The van der Waals surface area contributed by atoms with Crippen molar-refractivity contribution in [3.63, 3.8) is 0 Å². The normalized spacial score (nSPS) is 14.5.